The van der Waals surface area contributed by atoms with Gasteiger partial charge in [-0.1, -0.05) is 12.1 Å². The molecule has 2 N–H and O–H groups in total. The Morgan fingerprint density at radius 2 is 1.73 bits per heavy atom. The molecule has 188 valence electrons. The zero-order valence-electron chi connectivity index (χ0n) is 20.9. The number of amides is 1. The average molecular weight is 499 g/mol. The summed E-state index contributed by atoms with van der Waals surface area (Å²) in [4.78, 5) is 22.4. The van der Waals surface area contributed by atoms with Crippen LogP contribution in [0.4, 0.5) is 11.6 Å². The summed E-state index contributed by atoms with van der Waals surface area (Å²) in [6.07, 6.45) is 3.25. The van der Waals surface area contributed by atoms with Crippen molar-refractivity contribution in [2.45, 2.75) is 13.0 Å². The number of carbonyl (C=O) groups is 1. The molecule has 0 radical (unpaired) electrons. The highest BCUT2D eigenvalue weighted by Gasteiger charge is 2.35. The molecule has 10 nitrogen and oxygen atoms in total. The van der Waals surface area contributed by atoms with Crippen LogP contribution in [0.25, 0.3) is 11.4 Å². The van der Waals surface area contributed by atoms with E-state index in [9.17, 15) is 4.79 Å². The largest absolute Gasteiger partial charge is 0.497 e. The molecule has 10 heteroatoms. The molecule has 1 aliphatic rings. The van der Waals surface area contributed by atoms with Gasteiger partial charge in [0.1, 0.15) is 23.3 Å². The summed E-state index contributed by atoms with van der Waals surface area (Å²) in [6.45, 7) is 1.84. The topological polar surface area (TPSA) is 112 Å². The number of methoxy groups -OCH3 is 3. The molecule has 5 rings (SSSR count). The Morgan fingerprint density at radius 3 is 2.41 bits per heavy atom. The number of allylic oxidation sites excluding steroid dienone is 1. The molecular formula is C27H26N6O4. The Hall–Kier alpha value is -4.86. The number of nitrogens with one attached hydrogen (secondary N) is 2. The van der Waals surface area contributed by atoms with Gasteiger partial charge in [-0.3, -0.25) is 9.78 Å². The molecule has 0 saturated heterocycles. The van der Waals surface area contributed by atoms with Crippen molar-refractivity contribution in [3.63, 3.8) is 0 Å². The van der Waals surface area contributed by atoms with Crippen LogP contribution < -0.4 is 24.8 Å². The molecule has 0 aliphatic carbocycles. The highest BCUT2D eigenvalue weighted by atomic mass is 16.5. The minimum atomic E-state index is -0.572. The first-order valence-corrected chi connectivity index (χ1v) is 11.5. The number of pyridine rings is 1. The van der Waals surface area contributed by atoms with Crippen molar-refractivity contribution < 1.29 is 19.0 Å². The Morgan fingerprint density at radius 1 is 0.973 bits per heavy atom. The molecule has 2 aromatic carbocycles. The lowest BCUT2D eigenvalue weighted by Crippen LogP contribution is -2.31. The third kappa shape index (κ3) is 4.68. The summed E-state index contributed by atoms with van der Waals surface area (Å²) in [5, 5.41) is 11.0. The maximum atomic E-state index is 13.6. The lowest BCUT2D eigenvalue weighted by atomic mass is 9.95. The highest BCUT2D eigenvalue weighted by Crippen LogP contribution is 2.38. The quantitative estimate of drug-likeness (QED) is 0.388. The van der Waals surface area contributed by atoms with Gasteiger partial charge < -0.3 is 24.8 Å². The molecule has 37 heavy (non-hydrogen) atoms. The van der Waals surface area contributed by atoms with Gasteiger partial charge in [-0.05, 0) is 48.9 Å². The molecule has 0 saturated carbocycles. The number of rotatable bonds is 7. The Labute approximate surface area is 213 Å². The van der Waals surface area contributed by atoms with E-state index in [2.05, 4.69) is 15.6 Å². The molecule has 0 bridgehead atoms. The van der Waals surface area contributed by atoms with Crippen LogP contribution in [0.15, 0.2) is 78.3 Å². The van der Waals surface area contributed by atoms with Crippen molar-refractivity contribution in [2.75, 3.05) is 32.0 Å². The maximum Gasteiger partial charge on any atom is 0.255 e. The number of nitrogens with zero attached hydrogens (tertiary/aromatic N) is 4. The molecular weight excluding hydrogens is 472 g/mol. The second-order valence-corrected chi connectivity index (χ2v) is 8.34. The number of aromatic nitrogens is 4. The van der Waals surface area contributed by atoms with E-state index in [1.807, 2.05) is 43.3 Å². The van der Waals surface area contributed by atoms with Gasteiger partial charge in [0.05, 0.1) is 38.8 Å². The normalized spacial score (nSPS) is 14.4. The summed E-state index contributed by atoms with van der Waals surface area (Å²) in [7, 11) is 4.78. The SMILES string of the molecule is COc1cc(OC)cc(-c2nc3n(n2)C(c2cccc(OC)c2)C(C(=O)Nc2cccnc2)=C(C)N3)c1. The Kier molecular flexibility index (Phi) is 6.46. The van der Waals surface area contributed by atoms with Crippen molar-refractivity contribution in [1.29, 1.82) is 0 Å². The zero-order chi connectivity index (χ0) is 25.9. The van der Waals surface area contributed by atoms with Gasteiger partial charge in [0, 0.05) is 23.5 Å². The number of fused-ring (bicyclic) bond motifs is 1. The summed E-state index contributed by atoms with van der Waals surface area (Å²) in [5.41, 5.74) is 3.26. The van der Waals surface area contributed by atoms with Crippen LogP contribution in [0, 0.1) is 0 Å². The molecule has 0 fully saturated rings. The number of benzene rings is 2. The maximum absolute atomic E-state index is 13.6. The van der Waals surface area contributed by atoms with Crippen LogP contribution >= 0.6 is 0 Å². The van der Waals surface area contributed by atoms with Gasteiger partial charge in [0.25, 0.3) is 5.91 Å². The fraction of sp³-hybridized carbons (Fsp3) is 0.185. The molecule has 1 unspecified atom stereocenters. The first-order valence-electron chi connectivity index (χ1n) is 11.5. The summed E-state index contributed by atoms with van der Waals surface area (Å²) >= 11 is 0. The lowest BCUT2D eigenvalue weighted by molar-refractivity contribution is -0.113. The van der Waals surface area contributed by atoms with Crippen molar-refractivity contribution in [2.24, 2.45) is 0 Å². The van der Waals surface area contributed by atoms with Crippen molar-refractivity contribution >= 4 is 17.5 Å². The number of hydrogen-bond acceptors (Lipinski definition) is 8. The number of carbonyl (C=O) groups excluding carboxylic acids is 1. The second kappa shape index (κ2) is 10.0. The molecule has 1 atom stereocenters. The monoisotopic (exact) mass is 498 g/mol. The highest BCUT2D eigenvalue weighted by molar-refractivity contribution is 6.06. The van der Waals surface area contributed by atoms with Gasteiger partial charge in [0.15, 0.2) is 5.82 Å². The molecule has 1 amide bonds. The first kappa shape index (κ1) is 23.9. The number of hydrogen-bond donors (Lipinski definition) is 2. The van der Waals surface area contributed by atoms with E-state index in [1.165, 1.54) is 0 Å². The van der Waals surface area contributed by atoms with E-state index in [4.69, 9.17) is 24.3 Å². The Balaban J connectivity index is 1.62. The van der Waals surface area contributed by atoms with E-state index >= 15 is 0 Å². The van der Waals surface area contributed by atoms with Crippen LogP contribution in [0.2, 0.25) is 0 Å². The standard InChI is InChI=1S/C27H26N6O4/c1-16-23(26(34)30-19-8-6-10-28-15-19)24(17-7-5-9-20(11-17)35-2)33-27(29-16)31-25(32-33)18-12-21(36-3)14-22(13-18)37-4/h5-15,24H,1-4H3,(H,30,34)(H,29,31,32). The van der Waals surface area contributed by atoms with E-state index in [0.717, 1.165) is 5.56 Å². The molecule has 0 spiro atoms. The van der Waals surface area contributed by atoms with E-state index in [-0.39, 0.29) is 5.91 Å². The number of ether oxygens (including phenoxy) is 3. The van der Waals surface area contributed by atoms with Gasteiger partial charge in [0.2, 0.25) is 5.95 Å². The Bertz CT molecular complexity index is 1460. The number of anilines is 2. The third-order valence-corrected chi connectivity index (χ3v) is 6.04. The van der Waals surface area contributed by atoms with Crippen LogP contribution in [0.5, 0.6) is 17.2 Å². The second-order valence-electron chi connectivity index (χ2n) is 8.34. The van der Waals surface area contributed by atoms with E-state index in [0.29, 0.717) is 51.5 Å². The fourth-order valence-electron chi connectivity index (χ4n) is 4.26. The predicted molar refractivity (Wildman–Crippen MR) is 139 cm³/mol. The van der Waals surface area contributed by atoms with Gasteiger partial charge in [-0.25, -0.2) is 4.68 Å². The third-order valence-electron chi connectivity index (χ3n) is 6.04. The predicted octanol–water partition coefficient (Wildman–Crippen LogP) is 4.29. The first-order chi connectivity index (χ1) is 18.0. The summed E-state index contributed by atoms with van der Waals surface area (Å²) < 4.78 is 18.0. The zero-order valence-corrected chi connectivity index (χ0v) is 20.9. The molecule has 1 aliphatic heterocycles. The van der Waals surface area contributed by atoms with Crippen LogP contribution in [0.3, 0.4) is 0 Å². The van der Waals surface area contributed by atoms with E-state index in [1.54, 1.807) is 56.6 Å². The molecule has 3 heterocycles. The minimum Gasteiger partial charge on any atom is -0.497 e. The summed E-state index contributed by atoms with van der Waals surface area (Å²) in [6, 6.07) is 16.0. The van der Waals surface area contributed by atoms with Crippen molar-refractivity contribution in [1.82, 2.24) is 19.7 Å². The van der Waals surface area contributed by atoms with Gasteiger partial charge in [-0.15, -0.1) is 5.10 Å². The van der Waals surface area contributed by atoms with Gasteiger partial charge >= 0.3 is 0 Å². The smallest absolute Gasteiger partial charge is 0.255 e. The van der Waals surface area contributed by atoms with Crippen molar-refractivity contribution in [3.05, 3.63) is 83.8 Å². The van der Waals surface area contributed by atoms with Gasteiger partial charge in [-0.2, -0.15) is 4.98 Å². The summed E-state index contributed by atoms with van der Waals surface area (Å²) in [5.74, 6) is 2.57. The van der Waals surface area contributed by atoms with E-state index < -0.39 is 6.04 Å². The molecule has 4 aromatic rings. The van der Waals surface area contributed by atoms with Crippen LogP contribution in [-0.4, -0.2) is 47.0 Å². The minimum absolute atomic E-state index is 0.281. The lowest BCUT2D eigenvalue weighted by Gasteiger charge is -2.28. The molecule has 2 aromatic heterocycles. The average Bonchev–Trinajstić information content (AvgIpc) is 3.36. The van der Waals surface area contributed by atoms with Crippen LogP contribution in [-0.2, 0) is 4.79 Å². The van der Waals surface area contributed by atoms with Crippen molar-refractivity contribution in [3.8, 4) is 28.6 Å². The van der Waals surface area contributed by atoms with Crippen LogP contribution in [0.1, 0.15) is 18.5 Å². The fourth-order valence-corrected chi connectivity index (χ4v) is 4.26.